The van der Waals surface area contributed by atoms with E-state index in [2.05, 4.69) is 9.97 Å². The molecule has 1 aromatic rings. The van der Waals surface area contributed by atoms with Crippen molar-refractivity contribution in [2.75, 3.05) is 6.54 Å². The summed E-state index contributed by atoms with van der Waals surface area (Å²) >= 11 is 0. The van der Waals surface area contributed by atoms with E-state index in [1.54, 1.807) is 19.3 Å². The molecule has 1 heterocycles. The third kappa shape index (κ3) is 1.99. The summed E-state index contributed by atoms with van der Waals surface area (Å²) in [6.45, 7) is 2.15. The molecule has 0 aliphatic heterocycles. The summed E-state index contributed by atoms with van der Waals surface area (Å²) in [6.07, 6.45) is 5.15. The zero-order valence-electron chi connectivity index (χ0n) is 7.07. The van der Waals surface area contributed by atoms with Crippen LogP contribution in [0.25, 0.3) is 0 Å². The van der Waals surface area contributed by atoms with Gasteiger partial charge in [0, 0.05) is 18.0 Å². The van der Waals surface area contributed by atoms with Gasteiger partial charge in [0.25, 0.3) is 0 Å². The van der Waals surface area contributed by atoms with Crippen LogP contribution in [0.4, 0.5) is 0 Å². The maximum atomic E-state index is 9.83. The Balaban J connectivity index is 2.82. The Morgan fingerprint density at radius 1 is 1.50 bits per heavy atom. The van der Waals surface area contributed by atoms with Crippen LogP contribution in [0.2, 0.25) is 0 Å². The lowest BCUT2D eigenvalue weighted by Gasteiger charge is -2.21. The molecule has 0 fully saturated rings. The summed E-state index contributed by atoms with van der Waals surface area (Å²) in [5, 5.41) is 9.83. The number of hydrogen-bond donors (Lipinski definition) is 2. The number of nitrogens with zero attached hydrogens (tertiary/aromatic N) is 2. The molecule has 0 aromatic carbocycles. The fourth-order valence-electron chi connectivity index (χ4n) is 1.00. The van der Waals surface area contributed by atoms with Gasteiger partial charge in [-0.3, -0.25) is 0 Å². The van der Waals surface area contributed by atoms with Gasteiger partial charge in [0.1, 0.15) is 6.33 Å². The van der Waals surface area contributed by atoms with Crippen LogP contribution in [-0.2, 0) is 5.60 Å². The first kappa shape index (κ1) is 9.09. The molecule has 0 saturated carbocycles. The molecule has 0 aliphatic rings. The Hall–Kier alpha value is -1.00. The van der Waals surface area contributed by atoms with Gasteiger partial charge in [-0.25, -0.2) is 9.97 Å². The molecule has 0 saturated heterocycles. The van der Waals surface area contributed by atoms with Gasteiger partial charge in [-0.15, -0.1) is 0 Å². The normalized spacial score (nSPS) is 15.6. The maximum absolute atomic E-state index is 9.83. The molecule has 1 rings (SSSR count). The van der Waals surface area contributed by atoms with Gasteiger partial charge in [0.2, 0.25) is 0 Å². The van der Waals surface area contributed by atoms with Crippen LogP contribution in [0.15, 0.2) is 18.7 Å². The minimum Gasteiger partial charge on any atom is -0.385 e. The highest BCUT2D eigenvalue weighted by Gasteiger charge is 2.22. The van der Waals surface area contributed by atoms with Crippen molar-refractivity contribution in [2.45, 2.75) is 18.9 Å². The molecule has 4 heteroatoms. The quantitative estimate of drug-likeness (QED) is 0.666. The van der Waals surface area contributed by atoms with Crippen LogP contribution in [0.1, 0.15) is 18.9 Å². The first-order valence-electron chi connectivity index (χ1n) is 3.85. The predicted octanol–water partition coefficient (Wildman–Crippen LogP) is 0.0329. The van der Waals surface area contributed by atoms with Crippen molar-refractivity contribution in [3.05, 3.63) is 24.3 Å². The van der Waals surface area contributed by atoms with E-state index in [1.807, 2.05) is 0 Å². The van der Waals surface area contributed by atoms with Crippen molar-refractivity contribution in [1.82, 2.24) is 9.97 Å². The van der Waals surface area contributed by atoms with E-state index < -0.39 is 5.60 Å². The number of hydrogen-bond acceptors (Lipinski definition) is 4. The summed E-state index contributed by atoms with van der Waals surface area (Å²) in [7, 11) is 0. The predicted molar refractivity (Wildman–Crippen MR) is 45.3 cm³/mol. The molecule has 4 nitrogen and oxygen atoms in total. The smallest absolute Gasteiger partial charge is 0.115 e. The van der Waals surface area contributed by atoms with Crippen LogP contribution in [0.5, 0.6) is 0 Å². The van der Waals surface area contributed by atoms with E-state index in [9.17, 15) is 5.11 Å². The fraction of sp³-hybridized carbons (Fsp3) is 0.500. The summed E-state index contributed by atoms with van der Waals surface area (Å²) in [5.41, 5.74) is 5.15. The highest BCUT2D eigenvalue weighted by atomic mass is 16.3. The second kappa shape index (κ2) is 3.60. The topological polar surface area (TPSA) is 72.0 Å². The monoisotopic (exact) mass is 167 g/mol. The Labute approximate surface area is 71.5 Å². The lowest BCUT2D eigenvalue weighted by molar-refractivity contribution is 0.0497. The molecule has 66 valence electrons. The highest BCUT2D eigenvalue weighted by Crippen LogP contribution is 2.21. The third-order valence-electron chi connectivity index (χ3n) is 1.81. The molecule has 0 spiro atoms. The number of aromatic nitrogens is 2. The van der Waals surface area contributed by atoms with Crippen LogP contribution in [0.3, 0.4) is 0 Å². The summed E-state index contributed by atoms with van der Waals surface area (Å²) in [5.74, 6) is 0. The van der Waals surface area contributed by atoms with Crippen molar-refractivity contribution in [3.63, 3.8) is 0 Å². The summed E-state index contributed by atoms with van der Waals surface area (Å²) in [4.78, 5) is 7.64. The number of nitrogens with two attached hydrogens (primary N) is 1. The lowest BCUT2D eigenvalue weighted by atomic mass is 9.95. The molecular weight excluding hydrogens is 154 g/mol. The number of rotatable bonds is 3. The van der Waals surface area contributed by atoms with Crippen molar-refractivity contribution in [3.8, 4) is 0 Å². The third-order valence-corrected chi connectivity index (χ3v) is 1.81. The zero-order chi connectivity index (χ0) is 9.03. The maximum Gasteiger partial charge on any atom is 0.115 e. The van der Waals surface area contributed by atoms with E-state index >= 15 is 0 Å². The highest BCUT2D eigenvalue weighted by molar-refractivity contribution is 5.12. The van der Waals surface area contributed by atoms with E-state index in [4.69, 9.17) is 5.73 Å². The first-order valence-corrected chi connectivity index (χ1v) is 3.85. The molecule has 0 amide bonds. The second-order valence-corrected chi connectivity index (χ2v) is 2.94. The van der Waals surface area contributed by atoms with Crippen LogP contribution in [-0.4, -0.2) is 21.6 Å². The molecule has 0 bridgehead atoms. The van der Waals surface area contributed by atoms with Crippen LogP contribution in [0, 0.1) is 0 Å². The largest absolute Gasteiger partial charge is 0.385 e. The van der Waals surface area contributed by atoms with Gasteiger partial charge in [-0.2, -0.15) is 0 Å². The molecule has 3 N–H and O–H groups in total. The first-order chi connectivity index (χ1) is 5.67. The van der Waals surface area contributed by atoms with Gasteiger partial charge in [0.15, 0.2) is 0 Å². The van der Waals surface area contributed by atoms with Gasteiger partial charge < -0.3 is 10.8 Å². The van der Waals surface area contributed by atoms with Gasteiger partial charge in [-0.1, -0.05) is 0 Å². The molecule has 1 aromatic heterocycles. The number of aliphatic hydroxyl groups is 1. The van der Waals surface area contributed by atoms with E-state index in [-0.39, 0.29) is 0 Å². The molecule has 0 radical (unpaired) electrons. The SMILES string of the molecule is CC(O)(CCN)c1cncnc1. The minimum absolute atomic E-state index is 0.446. The molecule has 1 atom stereocenters. The van der Waals surface area contributed by atoms with Gasteiger partial charge in [0.05, 0.1) is 5.60 Å². The Bertz CT molecular complexity index is 235. The van der Waals surface area contributed by atoms with Crippen molar-refractivity contribution < 1.29 is 5.11 Å². The lowest BCUT2D eigenvalue weighted by Crippen LogP contribution is -2.25. The summed E-state index contributed by atoms with van der Waals surface area (Å²) < 4.78 is 0. The van der Waals surface area contributed by atoms with Crippen molar-refractivity contribution >= 4 is 0 Å². The zero-order valence-corrected chi connectivity index (χ0v) is 7.07. The van der Waals surface area contributed by atoms with Crippen LogP contribution < -0.4 is 5.73 Å². The van der Waals surface area contributed by atoms with Gasteiger partial charge >= 0.3 is 0 Å². The van der Waals surface area contributed by atoms with E-state index in [0.717, 1.165) is 0 Å². The standard InChI is InChI=1S/C8H13N3O/c1-8(12,2-3-9)7-4-10-6-11-5-7/h4-6,12H,2-3,9H2,1H3. The fourth-order valence-corrected chi connectivity index (χ4v) is 1.00. The average molecular weight is 167 g/mol. The molecule has 12 heavy (non-hydrogen) atoms. The second-order valence-electron chi connectivity index (χ2n) is 2.94. The van der Waals surface area contributed by atoms with Crippen molar-refractivity contribution in [1.29, 1.82) is 0 Å². The van der Waals surface area contributed by atoms with E-state index in [1.165, 1.54) is 6.33 Å². The average Bonchev–Trinajstić information content (AvgIpc) is 2.06. The van der Waals surface area contributed by atoms with Crippen molar-refractivity contribution in [2.24, 2.45) is 5.73 Å². The van der Waals surface area contributed by atoms with E-state index in [0.29, 0.717) is 18.5 Å². The summed E-state index contributed by atoms with van der Waals surface area (Å²) in [6, 6.07) is 0. The van der Waals surface area contributed by atoms with Crippen LogP contribution >= 0.6 is 0 Å². The molecule has 1 unspecified atom stereocenters. The Morgan fingerprint density at radius 2 is 2.08 bits per heavy atom. The Kier molecular flexibility index (Phi) is 2.73. The molecular formula is C8H13N3O. The minimum atomic E-state index is -0.907. The Morgan fingerprint density at radius 3 is 2.58 bits per heavy atom. The molecule has 0 aliphatic carbocycles. The van der Waals surface area contributed by atoms with Gasteiger partial charge in [-0.05, 0) is 19.9 Å².